The molecule has 1 aromatic heterocycles. The lowest BCUT2D eigenvalue weighted by Crippen LogP contribution is -2.31. The first-order valence-electron chi connectivity index (χ1n) is 8.05. The van der Waals surface area contributed by atoms with Crippen molar-refractivity contribution >= 4 is 23.6 Å². The van der Waals surface area contributed by atoms with Crippen molar-refractivity contribution in [3.05, 3.63) is 78.0 Å². The summed E-state index contributed by atoms with van der Waals surface area (Å²) in [6, 6.07) is 20.3. The third-order valence-corrected chi connectivity index (χ3v) is 4.37. The number of hydrogen-bond acceptors (Lipinski definition) is 5. The van der Waals surface area contributed by atoms with Gasteiger partial charge in [0.1, 0.15) is 0 Å². The monoisotopic (exact) mass is 363 g/mol. The van der Waals surface area contributed by atoms with Crippen molar-refractivity contribution in [2.75, 3.05) is 5.75 Å². The smallest absolute Gasteiger partial charge is 0.257 e. The molecule has 5 nitrogen and oxygen atoms in total. The molecule has 3 aromatic rings. The predicted molar refractivity (Wildman–Crippen MR) is 102 cm³/mol. The van der Waals surface area contributed by atoms with Crippen LogP contribution in [-0.4, -0.2) is 27.5 Å². The molecule has 0 saturated carbocycles. The summed E-state index contributed by atoms with van der Waals surface area (Å²) in [5.41, 5.74) is 3.07. The van der Waals surface area contributed by atoms with Gasteiger partial charge in [0.15, 0.2) is 5.16 Å². The lowest BCUT2D eigenvalue weighted by molar-refractivity contribution is -0.117. The number of hydrogen-bond donors (Lipinski definition) is 1. The van der Waals surface area contributed by atoms with Gasteiger partial charge in [-0.1, -0.05) is 60.3 Å². The zero-order valence-corrected chi connectivity index (χ0v) is 15.0. The van der Waals surface area contributed by atoms with Gasteiger partial charge in [0.05, 0.1) is 11.4 Å². The number of nitrogens with zero attached hydrogens (tertiary/aromatic N) is 2. The summed E-state index contributed by atoms with van der Waals surface area (Å²) in [5.74, 6) is -0.724. The van der Waals surface area contributed by atoms with Crippen LogP contribution >= 0.6 is 11.8 Å². The molecule has 26 heavy (non-hydrogen) atoms. The largest absolute Gasteiger partial charge is 0.292 e. The number of carbonyl (C=O) groups is 2. The first kappa shape index (κ1) is 17.8. The molecule has 2 amide bonds. The Labute approximate surface area is 155 Å². The summed E-state index contributed by atoms with van der Waals surface area (Å²) in [6.45, 7) is 1.89. The minimum Gasteiger partial charge on any atom is -0.292 e. The van der Waals surface area contributed by atoms with Crippen molar-refractivity contribution in [2.24, 2.45) is 0 Å². The fraction of sp³-hybridized carbons (Fsp3) is 0.100. The topological polar surface area (TPSA) is 72.0 Å². The lowest BCUT2D eigenvalue weighted by atomic mass is 10.1. The molecule has 0 bridgehead atoms. The van der Waals surface area contributed by atoms with Crippen molar-refractivity contribution in [2.45, 2.75) is 12.1 Å². The van der Waals surface area contributed by atoms with Crippen LogP contribution in [0.25, 0.3) is 11.3 Å². The van der Waals surface area contributed by atoms with Crippen LogP contribution < -0.4 is 5.32 Å². The molecule has 0 saturated heterocycles. The molecule has 0 fully saturated rings. The number of thioether (sulfide) groups is 1. The summed E-state index contributed by atoms with van der Waals surface area (Å²) in [7, 11) is 0. The van der Waals surface area contributed by atoms with Crippen LogP contribution in [0.1, 0.15) is 16.1 Å². The summed E-state index contributed by atoms with van der Waals surface area (Å²) in [5, 5.41) is 2.88. The molecule has 0 spiro atoms. The second-order valence-electron chi connectivity index (χ2n) is 5.58. The minimum absolute atomic E-state index is 0.0657. The molecule has 1 heterocycles. The Kier molecular flexibility index (Phi) is 5.76. The van der Waals surface area contributed by atoms with E-state index in [9.17, 15) is 9.59 Å². The summed E-state index contributed by atoms with van der Waals surface area (Å²) in [6.07, 6.45) is 0. The second kappa shape index (κ2) is 8.40. The fourth-order valence-electron chi connectivity index (χ4n) is 2.32. The average molecular weight is 363 g/mol. The van der Waals surface area contributed by atoms with Gasteiger partial charge in [-0.3, -0.25) is 14.9 Å². The van der Waals surface area contributed by atoms with Gasteiger partial charge in [0.2, 0.25) is 5.91 Å². The molecule has 6 heteroatoms. The minimum atomic E-state index is -0.411. The zero-order valence-electron chi connectivity index (χ0n) is 14.2. The van der Waals surface area contributed by atoms with Crippen molar-refractivity contribution in [3.8, 4) is 11.3 Å². The van der Waals surface area contributed by atoms with Crippen LogP contribution in [0.3, 0.4) is 0 Å². The predicted octanol–water partition coefficient (Wildman–Crippen LogP) is 3.50. The van der Waals surface area contributed by atoms with Gasteiger partial charge in [-0.15, -0.1) is 0 Å². The normalized spacial score (nSPS) is 10.3. The van der Waals surface area contributed by atoms with Crippen molar-refractivity contribution in [1.82, 2.24) is 15.3 Å². The van der Waals surface area contributed by atoms with E-state index >= 15 is 0 Å². The maximum absolute atomic E-state index is 12.0. The molecule has 0 atom stereocenters. The molecule has 2 aromatic carbocycles. The third-order valence-electron chi connectivity index (χ3n) is 3.52. The summed E-state index contributed by atoms with van der Waals surface area (Å²) < 4.78 is 0. The zero-order chi connectivity index (χ0) is 18.4. The van der Waals surface area contributed by atoms with E-state index in [1.165, 1.54) is 11.8 Å². The molecular formula is C20H17N3O2S. The SMILES string of the molecule is Cc1cc(-c2ccccc2)nc(SCC(=O)NC(=O)c2ccccc2)n1. The molecular weight excluding hydrogens is 346 g/mol. The average Bonchev–Trinajstić information content (AvgIpc) is 2.67. The maximum atomic E-state index is 12.0. The number of amides is 2. The Hall–Kier alpha value is -2.99. The Morgan fingerprint density at radius 1 is 0.962 bits per heavy atom. The molecule has 0 aliphatic rings. The first-order valence-corrected chi connectivity index (χ1v) is 9.03. The van der Waals surface area contributed by atoms with Crippen LogP contribution in [0.4, 0.5) is 0 Å². The number of benzene rings is 2. The number of nitrogens with one attached hydrogen (secondary N) is 1. The Bertz CT molecular complexity index is 915. The van der Waals surface area contributed by atoms with Crippen LogP contribution in [0.5, 0.6) is 0 Å². The molecule has 0 aliphatic carbocycles. The van der Waals surface area contributed by atoms with Crippen molar-refractivity contribution in [1.29, 1.82) is 0 Å². The van der Waals surface area contributed by atoms with Gasteiger partial charge in [0, 0.05) is 16.8 Å². The van der Waals surface area contributed by atoms with Crippen molar-refractivity contribution in [3.63, 3.8) is 0 Å². The number of carbonyl (C=O) groups excluding carboxylic acids is 2. The van der Waals surface area contributed by atoms with E-state index in [4.69, 9.17) is 0 Å². The standard InChI is InChI=1S/C20H17N3O2S/c1-14-12-17(15-8-4-2-5-9-15)22-20(21-14)26-13-18(24)23-19(25)16-10-6-3-7-11-16/h2-12H,13H2,1H3,(H,23,24,25). The van der Waals surface area contributed by atoms with E-state index in [0.29, 0.717) is 10.7 Å². The molecule has 0 aliphatic heterocycles. The molecule has 130 valence electrons. The number of imide groups is 1. The van der Waals surface area contributed by atoms with Gasteiger partial charge in [-0.2, -0.15) is 0 Å². The molecule has 3 rings (SSSR count). The van der Waals surface area contributed by atoms with Gasteiger partial charge in [0.25, 0.3) is 5.91 Å². The van der Waals surface area contributed by atoms with E-state index in [0.717, 1.165) is 17.0 Å². The highest BCUT2D eigenvalue weighted by Gasteiger charge is 2.12. The lowest BCUT2D eigenvalue weighted by Gasteiger charge is -2.06. The van der Waals surface area contributed by atoms with E-state index in [2.05, 4.69) is 15.3 Å². The van der Waals surface area contributed by atoms with Crippen LogP contribution in [0.15, 0.2) is 71.9 Å². The van der Waals surface area contributed by atoms with Crippen molar-refractivity contribution < 1.29 is 9.59 Å². The van der Waals surface area contributed by atoms with Gasteiger partial charge in [-0.25, -0.2) is 9.97 Å². The maximum Gasteiger partial charge on any atom is 0.257 e. The number of aryl methyl sites for hydroxylation is 1. The Balaban J connectivity index is 1.63. The van der Waals surface area contributed by atoms with E-state index in [-0.39, 0.29) is 11.7 Å². The highest BCUT2D eigenvalue weighted by atomic mass is 32.2. The Morgan fingerprint density at radius 2 is 1.62 bits per heavy atom. The first-order chi connectivity index (χ1) is 12.6. The van der Waals surface area contributed by atoms with Crippen LogP contribution in [0.2, 0.25) is 0 Å². The number of aromatic nitrogens is 2. The molecule has 1 N–H and O–H groups in total. The fourth-order valence-corrected chi connectivity index (χ4v) is 3.02. The highest BCUT2D eigenvalue weighted by molar-refractivity contribution is 7.99. The number of rotatable bonds is 5. The van der Waals surface area contributed by atoms with Gasteiger partial charge >= 0.3 is 0 Å². The summed E-state index contributed by atoms with van der Waals surface area (Å²) in [4.78, 5) is 32.9. The van der Waals surface area contributed by atoms with Gasteiger partial charge < -0.3 is 0 Å². The summed E-state index contributed by atoms with van der Waals surface area (Å²) >= 11 is 1.20. The van der Waals surface area contributed by atoms with Gasteiger partial charge in [-0.05, 0) is 25.1 Å². The van der Waals surface area contributed by atoms with E-state index in [1.807, 2.05) is 49.4 Å². The third kappa shape index (κ3) is 4.77. The quantitative estimate of drug-likeness (QED) is 0.555. The van der Waals surface area contributed by atoms with Crippen LogP contribution in [-0.2, 0) is 4.79 Å². The van der Waals surface area contributed by atoms with Crippen LogP contribution in [0, 0.1) is 6.92 Å². The molecule has 0 radical (unpaired) electrons. The van der Waals surface area contributed by atoms with E-state index < -0.39 is 5.91 Å². The molecule has 0 unspecified atom stereocenters. The van der Waals surface area contributed by atoms with E-state index in [1.54, 1.807) is 24.3 Å². The second-order valence-corrected chi connectivity index (χ2v) is 6.52. The Morgan fingerprint density at radius 3 is 2.31 bits per heavy atom. The highest BCUT2D eigenvalue weighted by Crippen LogP contribution is 2.21.